The zero-order valence-electron chi connectivity index (χ0n) is 16.8. The highest BCUT2D eigenvalue weighted by Crippen LogP contribution is 2.16. The van der Waals surface area contributed by atoms with Crippen LogP contribution < -0.4 is 16.0 Å². The summed E-state index contributed by atoms with van der Waals surface area (Å²) in [5.74, 6) is 0.286. The molecule has 0 saturated heterocycles. The maximum Gasteiger partial charge on any atom is 0.344 e. The van der Waals surface area contributed by atoms with Crippen LogP contribution in [-0.2, 0) is 29.2 Å². The summed E-state index contributed by atoms with van der Waals surface area (Å²) in [4.78, 5) is 43.4. The van der Waals surface area contributed by atoms with E-state index in [9.17, 15) is 14.4 Å². The van der Waals surface area contributed by atoms with Crippen LogP contribution in [0.4, 0.5) is 0 Å². The first-order valence-electron chi connectivity index (χ1n) is 9.70. The molecule has 0 saturated carbocycles. The van der Waals surface area contributed by atoms with Gasteiger partial charge in [-0.15, -0.1) is 0 Å². The second-order valence-electron chi connectivity index (χ2n) is 6.61. The Morgan fingerprint density at radius 3 is 2.57 bits per heavy atom. The minimum atomic E-state index is -0.586. The topological polar surface area (TPSA) is 108 Å². The standard InChI is InChI=1S/C20H23ClN4O5/c1-3-5-10-25-18-17(19(27)23-20(25)28)24(4-2)15(22-18)11-30-16(26)12-29-14-8-6-13(21)7-9-14/h6-9H,3-5,10-12H2,1-2H3,(H,23,27,28). The summed E-state index contributed by atoms with van der Waals surface area (Å²) in [5.41, 5.74) is -0.429. The molecule has 30 heavy (non-hydrogen) atoms. The number of halogens is 1. The Balaban J connectivity index is 1.77. The number of fused-ring (bicyclic) bond motifs is 1. The van der Waals surface area contributed by atoms with Crippen LogP contribution in [-0.4, -0.2) is 31.7 Å². The van der Waals surface area contributed by atoms with Gasteiger partial charge in [0.2, 0.25) is 0 Å². The molecule has 0 unspecified atom stereocenters. The number of nitrogens with zero attached hydrogens (tertiary/aromatic N) is 3. The van der Waals surface area contributed by atoms with Crippen LogP contribution in [0.15, 0.2) is 33.9 Å². The van der Waals surface area contributed by atoms with E-state index in [-0.39, 0.29) is 18.7 Å². The molecule has 2 aromatic heterocycles. The normalized spacial score (nSPS) is 11.0. The van der Waals surface area contributed by atoms with Crippen LogP contribution in [0.3, 0.4) is 0 Å². The molecule has 1 aromatic carbocycles. The van der Waals surface area contributed by atoms with Crippen molar-refractivity contribution in [1.82, 2.24) is 19.1 Å². The van der Waals surface area contributed by atoms with Crippen LogP contribution in [0.1, 0.15) is 32.5 Å². The number of hydrogen-bond acceptors (Lipinski definition) is 6. The molecule has 0 fully saturated rings. The average Bonchev–Trinajstić information content (AvgIpc) is 3.10. The fourth-order valence-corrected chi connectivity index (χ4v) is 3.18. The Morgan fingerprint density at radius 2 is 1.90 bits per heavy atom. The molecule has 1 N–H and O–H groups in total. The fraction of sp³-hybridized carbons (Fsp3) is 0.400. The molecular formula is C20H23ClN4O5. The van der Waals surface area contributed by atoms with Crippen molar-refractivity contribution in [2.24, 2.45) is 0 Å². The van der Waals surface area contributed by atoms with Crippen molar-refractivity contribution >= 4 is 28.7 Å². The first-order valence-corrected chi connectivity index (χ1v) is 10.1. The summed E-state index contributed by atoms with van der Waals surface area (Å²) in [5, 5.41) is 0.566. The minimum Gasteiger partial charge on any atom is -0.482 e. The van der Waals surface area contributed by atoms with Gasteiger partial charge < -0.3 is 14.0 Å². The molecule has 0 bridgehead atoms. The quantitative estimate of drug-likeness (QED) is 0.518. The lowest BCUT2D eigenvalue weighted by molar-refractivity contribution is -0.147. The van der Waals surface area contributed by atoms with Gasteiger partial charge in [0.15, 0.2) is 17.8 Å². The lowest BCUT2D eigenvalue weighted by atomic mass is 10.3. The van der Waals surface area contributed by atoms with Crippen molar-refractivity contribution in [2.75, 3.05) is 6.61 Å². The van der Waals surface area contributed by atoms with Gasteiger partial charge in [0, 0.05) is 18.1 Å². The fourth-order valence-electron chi connectivity index (χ4n) is 3.05. The molecule has 0 amide bonds. The van der Waals surface area contributed by atoms with Crippen LogP contribution in [0, 0.1) is 0 Å². The van der Waals surface area contributed by atoms with Gasteiger partial charge in [-0.2, -0.15) is 0 Å². The number of carbonyl (C=O) groups excluding carboxylic acids is 1. The number of aromatic amines is 1. The van der Waals surface area contributed by atoms with Crippen molar-refractivity contribution < 1.29 is 14.3 Å². The monoisotopic (exact) mass is 434 g/mol. The lowest BCUT2D eigenvalue weighted by Gasteiger charge is -2.08. The zero-order chi connectivity index (χ0) is 21.7. The number of H-pyrrole nitrogens is 1. The lowest BCUT2D eigenvalue weighted by Crippen LogP contribution is -2.31. The number of nitrogens with one attached hydrogen (secondary N) is 1. The van der Waals surface area contributed by atoms with Crippen molar-refractivity contribution in [3.63, 3.8) is 0 Å². The van der Waals surface area contributed by atoms with Crippen molar-refractivity contribution in [1.29, 1.82) is 0 Å². The second-order valence-corrected chi connectivity index (χ2v) is 7.05. The Bertz CT molecular complexity index is 1150. The van der Waals surface area contributed by atoms with Crippen molar-refractivity contribution in [3.8, 4) is 5.75 Å². The molecule has 0 aliphatic rings. The van der Waals surface area contributed by atoms with Gasteiger partial charge in [0.25, 0.3) is 5.56 Å². The summed E-state index contributed by atoms with van der Waals surface area (Å²) in [6, 6.07) is 6.60. The largest absolute Gasteiger partial charge is 0.482 e. The molecule has 0 spiro atoms. The van der Waals surface area contributed by atoms with Crippen molar-refractivity contribution in [3.05, 3.63) is 56.0 Å². The maximum atomic E-state index is 12.4. The third-order valence-electron chi connectivity index (χ3n) is 4.55. The van der Waals surface area contributed by atoms with Crippen LogP contribution >= 0.6 is 11.6 Å². The number of imidazole rings is 1. The number of ether oxygens (including phenoxy) is 2. The Morgan fingerprint density at radius 1 is 1.17 bits per heavy atom. The molecule has 3 rings (SSSR count). The highest BCUT2D eigenvalue weighted by atomic mass is 35.5. The van der Waals surface area contributed by atoms with Gasteiger partial charge in [0.05, 0.1) is 0 Å². The predicted octanol–water partition coefficient (Wildman–Crippen LogP) is 2.48. The number of carbonyl (C=O) groups is 1. The minimum absolute atomic E-state index is 0.146. The van der Waals surface area contributed by atoms with E-state index >= 15 is 0 Å². The second kappa shape index (κ2) is 9.62. The van der Waals surface area contributed by atoms with Crippen LogP contribution in [0.2, 0.25) is 5.02 Å². The molecule has 0 radical (unpaired) electrons. The maximum absolute atomic E-state index is 12.4. The number of esters is 1. The van der Waals surface area contributed by atoms with E-state index < -0.39 is 17.2 Å². The molecular weight excluding hydrogens is 412 g/mol. The van der Waals surface area contributed by atoms with E-state index in [1.54, 1.807) is 28.8 Å². The summed E-state index contributed by atoms with van der Waals surface area (Å²) in [6.07, 6.45) is 1.66. The molecule has 3 aromatic rings. The molecule has 10 heteroatoms. The van der Waals surface area contributed by atoms with Gasteiger partial charge >= 0.3 is 11.7 Å². The molecule has 160 valence electrons. The molecule has 0 aliphatic heterocycles. The summed E-state index contributed by atoms with van der Waals surface area (Å²) in [6.45, 7) is 4.30. The zero-order valence-corrected chi connectivity index (χ0v) is 17.6. The molecule has 2 heterocycles. The first-order chi connectivity index (χ1) is 14.4. The van der Waals surface area contributed by atoms with E-state index in [4.69, 9.17) is 21.1 Å². The number of aromatic nitrogens is 4. The highest BCUT2D eigenvalue weighted by molar-refractivity contribution is 6.30. The number of rotatable bonds is 9. The third kappa shape index (κ3) is 4.73. The number of aryl methyl sites for hydroxylation is 2. The number of benzene rings is 1. The van der Waals surface area contributed by atoms with E-state index in [2.05, 4.69) is 9.97 Å². The smallest absolute Gasteiger partial charge is 0.344 e. The van der Waals surface area contributed by atoms with E-state index in [0.29, 0.717) is 35.3 Å². The molecule has 9 nitrogen and oxygen atoms in total. The number of hydrogen-bond donors (Lipinski definition) is 1. The SMILES string of the molecule is CCCCn1c(=O)[nH]c(=O)c2c1nc(COC(=O)COc1ccc(Cl)cc1)n2CC. The molecule has 0 atom stereocenters. The van der Waals surface area contributed by atoms with Gasteiger partial charge in [-0.1, -0.05) is 24.9 Å². The summed E-state index contributed by atoms with van der Waals surface area (Å²) in [7, 11) is 0. The average molecular weight is 435 g/mol. The van der Waals surface area contributed by atoms with E-state index in [0.717, 1.165) is 12.8 Å². The first kappa shape index (κ1) is 21.6. The van der Waals surface area contributed by atoms with Crippen LogP contribution in [0.25, 0.3) is 11.2 Å². The Kier molecular flexibility index (Phi) is 6.94. The van der Waals surface area contributed by atoms with Gasteiger partial charge in [-0.25, -0.2) is 14.6 Å². The summed E-state index contributed by atoms with van der Waals surface area (Å²) < 4.78 is 13.7. The van der Waals surface area contributed by atoms with E-state index in [1.165, 1.54) is 4.57 Å². The van der Waals surface area contributed by atoms with Crippen molar-refractivity contribution in [2.45, 2.75) is 46.4 Å². The highest BCUT2D eigenvalue weighted by Gasteiger charge is 2.18. The Labute approximate surface area is 177 Å². The van der Waals surface area contributed by atoms with Crippen LogP contribution in [0.5, 0.6) is 5.75 Å². The third-order valence-corrected chi connectivity index (χ3v) is 4.80. The molecule has 0 aliphatic carbocycles. The predicted molar refractivity (Wildman–Crippen MR) is 112 cm³/mol. The number of unbranched alkanes of at least 4 members (excludes halogenated alkanes) is 1. The van der Waals surface area contributed by atoms with Gasteiger partial charge in [-0.3, -0.25) is 14.3 Å². The van der Waals surface area contributed by atoms with E-state index in [1.807, 2.05) is 13.8 Å². The van der Waals surface area contributed by atoms with Gasteiger partial charge in [-0.05, 0) is 37.6 Å². The summed E-state index contributed by atoms with van der Waals surface area (Å²) >= 11 is 5.81. The Hall–Kier alpha value is -3.07. The van der Waals surface area contributed by atoms with Gasteiger partial charge in [0.1, 0.15) is 18.2 Å².